The van der Waals surface area contributed by atoms with E-state index in [-0.39, 0.29) is 17.0 Å². The van der Waals surface area contributed by atoms with Gasteiger partial charge in [-0.3, -0.25) is 4.79 Å². The van der Waals surface area contributed by atoms with E-state index in [9.17, 15) is 4.79 Å². The summed E-state index contributed by atoms with van der Waals surface area (Å²) in [6.45, 7) is 0. The molecule has 0 radical (unpaired) electrons. The number of carbonyl (C=O) groups excluding carboxylic acids is 1. The van der Waals surface area contributed by atoms with Crippen LogP contribution < -0.4 is 11.5 Å². The van der Waals surface area contributed by atoms with Crippen molar-refractivity contribution >= 4 is 11.6 Å². The number of hydrogen-bond donors (Lipinski definition) is 4. The molecule has 5 heteroatoms. The van der Waals surface area contributed by atoms with Crippen LogP contribution in [0.1, 0.15) is 10.4 Å². The molecule has 0 aliphatic carbocycles. The zero-order valence-electron chi connectivity index (χ0n) is 6.11. The monoisotopic (exact) mass is 168 g/mol. The molecule has 0 heterocycles. The molecule has 0 fully saturated rings. The number of hydrogen-bond acceptors (Lipinski definition) is 4. The Balaban J connectivity index is 3.36. The number of phenols is 2. The highest BCUT2D eigenvalue weighted by molar-refractivity contribution is 5.99. The molecule has 1 rings (SSSR count). The van der Waals surface area contributed by atoms with Crippen molar-refractivity contribution in [3.8, 4) is 11.5 Å². The number of primary amides is 1. The quantitative estimate of drug-likeness (QED) is 0.343. The first-order valence-electron chi connectivity index (χ1n) is 3.14. The molecule has 0 aliphatic heterocycles. The molecular formula is C7H8N2O3. The highest BCUT2D eigenvalue weighted by Crippen LogP contribution is 2.33. The fraction of sp³-hybridized carbons (Fsp3) is 0. The topological polar surface area (TPSA) is 110 Å². The minimum absolute atomic E-state index is 0.00898. The Morgan fingerprint density at radius 1 is 1.33 bits per heavy atom. The lowest BCUT2D eigenvalue weighted by atomic mass is 10.1. The van der Waals surface area contributed by atoms with Crippen LogP contribution in [0.15, 0.2) is 12.1 Å². The van der Waals surface area contributed by atoms with Crippen LogP contribution in [0.3, 0.4) is 0 Å². The molecule has 0 bridgehead atoms. The van der Waals surface area contributed by atoms with Crippen LogP contribution in [-0.2, 0) is 0 Å². The number of phenolic OH excluding ortho intramolecular Hbond substituents is 2. The number of anilines is 1. The molecule has 0 spiro atoms. The predicted octanol–water partition coefficient (Wildman–Crippen LogP) is -0.221. The first kappa shape index (κ1) is 8.19. The van der Waals surface area contributed by atoms with E-state index in [1.165, 1.54) is 6.07 Å². The molecule has 1 amide bonds. The van der Waals surface area contributed by atoms with Crippen molar-refractivity contribution in [1.29, 1.82) is 0 Å². The first-order valence-corrected chi connectivity index (χ1v) is 3.14. The number of amides is 1. The third-order valence-corrected chi connectivity index (χ3v) is 1.46. The number of benzene rings is 1. The largest absolute Gasteiger partial charge is 0.504 e. The smallest absolute Gasteiger partial charge is 0.250 e. The molecule has 0 aromatic heterocycles. The second-order valence-electron chi connectivity index (χ2n) is 2.26. The molecule has 0 aliphatic rings. The molecule has 0 unspecified atom stereocenters. The summed E-state index contributed by atoms with van der Waals surface area (Å²) in [5, 5.41) is 18.0. The van der Waals surface area contributed by atoms with Crippen molar-refractivity contribution in [3.63, 3.8) is 0 Å². The van der Waals surface area contributed by atoms with Gasteiger partial charge in [-0.25, -0.2) is 0 Å². The lowest BCUT2D eigenvalue weighted by Gasteiger charge is -2.04. The van der Waals surface area contributed by atoms with Crippen molar-refractivity contribution in [3.05, 3.63) is 17.7 Å². The van der Waals surface area contributed by atoms with Crippen molar-refractivity contribution in [2.75, 3.05) is 5.73 Å². The number of carbonyl (C=O) groups is 1. The third kappa shape index (κ3) is 1.12. The average Bonchev–Trinajstić information content (AvgIpc) is 2.00. The summed E-state index contributed by atoms with van der Waals surface area (Å²) < 4.78 is 0. The molecule has 1 aromatic rings. The van der Waals surface area contributed by atoms with E-state index in [1.807, 2.05) is 0 Å². The van der Waals surface area contributed by atoms with E-state index in [2.05, 4.69) is 0 Å². The van der Waals surface area contributed by atoms with Gasteiger partial charge in [0.05, 0.1) is 11.3 Å². The highest BCUT2D eigenvalue weighted by Gasteiger charge is 2.11. The Hall–Kier alpha value is -1.91. The fourth-order valence-corrected chi connectivity index (χ4v) is 0.811. The Morgan fingerprint density at radius 2 is 1.92 bits per heavy atom. The van der Waals surface area contributed by atoms with Crippen molar-refractivity contribution < 1.29 is 15.0 Å². The van der Waals surface area contributed by atoms with Gasteiger partial charge in [-0.05, 0) is 12.1 Å². The Morgan fingerprint density at radius 3 is 2.42 bits per heavy atom. The second-order valence-corrected chi connectivity index (χ2v) is 2.26. The first-order chi connectivity index (χ1) is 5.54. The number of rotatable bonds is 1. The maximum Gasteiger partial charge on any atom is 0.250 e. The molecule has 6 N–H and O–H groups in total. The van der Waals surface area contributed by atoms with E-state index in [0.29, 0.717) is 0 Å². The van der Waals surface area contributed by atoms with Crippen LogP contribution in [0.5, 0.6) is 11.5 Å². The van der Waals surface area contributed by atoms with Crippen LogP contribution >= 0.6 is 0 Å². The zero-order chi connectivity index (χ0) is 9.30. The predicted molar refractivity (Wildman–Crippen MR) is 42.7 cm³/mol. The minimum atomic E-state index is -0.747. The number of aromatic hydroxyl groups is 2. The zero-order valence-corrected chi connectivity index (χ0v) is 6.11. The normalized spacial score (nSPS) is 9.67. The van der Waals surface area contributed by atoms with E-state index >= 15 is 0 Å². The molecule has 0 saturated heterocycles. The van der Waals surface area contributed by atoms with Crippen molar-refractivity contribution in [2.24, 2.45) is 5.73 Å². The minimum Gasteiger partial charge on any atom is -0.504 e. The summed E-state index contributed by atoms with van der Waals surface area (Å²) in [6, 6.07) is 2.39. The molecular weight excluding hydrogens is 160 g/mol. The van der Waals surface area contributed by atoms with Crippen LogP contribution in [0.4, 0.5) is 5.69 Å². The van der Waals surface area contributed by atoms with Gasteiger partial charge in [-0.2, -0.15) is 0 Å². The summed E-state index contributed by atoms with van der Waals surface area (Å²) in [7, 11) is 0. The van der Waals surface area contributed by atoms with Gasteiger partial charge in [0.2, 0.25) is 0 Å². The molecule has 12 heavy (non-hydrogen) atoms. The molecule has 64 valence electrons. The Bertz CT molecular complexity index is 336. The molecule has 1 aromatic carbocycles. The van der Waals surface area contributed by atoms with Gasteiger partial charge in [0.1, 0.15) is 0 Å². The van der Waals surface area contributed by atoms with Crippen LogP contribution in [0, 0.1) is 0 Å². The van der Waals surface area contributed by atoms with E-state index < -0.39 is 11.7 Å². The Labute approximate surface area is 68.2 Å². The standard InChI is InChI=1S/C7H8N2O3/c8-5-3(7(9)12)1-2-4(10)6(5)11/h1-2,10-11H,8H2,(H2,9,12). The molecule has 0 saturated carbocycles. The van der Waals surface area contributed by atoms with Crippen molar-refractivity contribution in [2.45, 2.75) is 0 Å². The SMILES string of the molecule is NC(=O)c1ccc(O)c(O)c1N. The van der Waals surface area contributed by atoms with Gasteiger partial charge < -0.3 is 21.7 Å². The van der Waals surface area contributed by atoms with Gasteiger partial charge in [-0.1, -0.05) is 0 Å². The highest BCUT2D eigenvalue weighted by atomic mass is 16.3. The average molecular weight is 168 g/mol. The maximum atomic E-state index is 10.6. The van der Waals surface area contributed by atoms with Gasteiger partial charge in [0.25, 0.3) is 5.91 Å². The fourth-order valence-electron chi connectivity index (χ4n) is 0.811. The van der Waals surface area contributed by atoms with E-state index in [0.717, 1.165) is 6.07 Å². The summed E-state index contributed by atoms with van der Waals surface area (Å²) in [4.78, 5) is 10.6. The van der Waals surface area contributed by atoms with Gasteiger partial charge >= 0.3 is 0 Å². The lowest BCUT2D eigenvalue weighted by Crippen LogP contribution is -2.13. The van der Waals surface area contributed by atoms with Gasteiger partial charge in [-0.15, -0.1) is 0 Å². The summed E-state index contributed by atoms with van der Waals surface area (Å²) >= 11 is 0. The second kappa shape index (κ2) is 2.61. The molecule has 5 nitrogen and oxygen atoms in total. The third-order valence-electron chi connectivity index (χ3n) is 1.46. The number of nitrogen functional groups attached to an aromatic ring is 1. The summed E-state index contributed by atoms with van der Waals surface area (Å²) in [5.41, 5.74) is 9.98. The molecule has 0 atom stereocenters. The lowest BCUT2D eigenvalue weighted by molar-refractivity contribution is 0.100. The van der Waals surface area contributed by atoms with Crippen LogP contribution in [0.2, 0.25) is 0 Å². The summed E-state index contributed by atoms with van der Waals surface area (Å²) in [5.74, 6) is -1.65. The van der Waals surface area contributed by atoms with Crippen molar-refractivity contribution in [1.82, 2.24) is 0 Å². The van der Waals surface area contributed by atoms with Crippen LogP contribution in [-0.4, -0.2) is 16.1 Å². The number of nitrogens with two attached hydrogens (primary N) is 2. The van der Waals surface area contributed by atoms with Gasteiger partial charge in [0.15, 0.2) is 11.5 Å². The van der Waals surface area contributed by atoms with E-state index in [4.69, 9.17) is 21.7 Å². The Kier molecular flexibility index (Phi) is 1.78. The van der Waals surface area contributed by atoms with Gasteiger partial charge in [0, 0.05) is 0 Å². The van der Waals surface area contributed by atoms with Crippen LogP contribution in [0.25, 0.3) is 0 Å². The maximum absolute atomic E-state index is 10.6. The van der Waals surface area contributed by atoms with E-state index in [1.54, 1.807) is 0 Å². The summed E-state index contributed by atoms with van der Waals surface area (Å²) in [6.07, 6.45) is 0.